The number of Topliss-reactive ketones (excluding diaryl/α,β-unsaturated/α-hetero) is 1. The van der Waals surface area contributed by atoms with E-state index in [9.17, 15) is 14.7 Å². The summed E-state index contributed by atoms with van der Waals surface area (Å²) < 4.78 is 11.2. The van der Waals surface area contributed by atoms with E-state index in [4.69, 9.17) is 9.47 Å². The summed E-state index contributed by atoms with van der Waals surface area (Å²) in [4.78, 5) is 29.6. The standard InChI is InChI=1S/C24H26N2O5/c1-14(2)22(27)20-21(15-5-7-16(8-6-15)25(3)4)26(24(29)23(20)28)17-9-10-18-19(13-17)31-12-11-30-18/h5-10,13-14,21,28H,11-12H2,1-4H3. The Morgan fingerprint density at radius 3 is 2.32 bits per heavy atom. The molecule has 2 aromatic rings. The number of carbonyl (C=O) groups is 2. The van der Waals surface area contributed by atoms with Crippen molar-refractivity contribution in [2.24, 2.45) is 5.92 Å². The molecule has 1 amide bonds. The SMILES string of the molecule is CC(C)C(=O)C1=C(O)C(=O)N(c2ccc3c(c2)OCCO3)C1c1ccc(N(C)C)cc1. The normalized spacial score (nSPS) is 18.0. The molecule has 0 radical (unpaired) electrons. The molecule has 0 aromatic heterocycles. The van der Waals surface area contributed by atoms with E-state index in [2.05, 4.69) is 0 Å². The molecule has 162 valence electrons. The molecule has 0 saturated heterocycles. The number of aliphatic hydroxyl groups is 1. The van der Waals surface area contributed by atoms with Crippen LogP contribution in [-0.2, 0) is 9.59 Å². The average molecular weight is 422 g/mol. The molecule has 0 aliphatic carbocycles. The highest BCUT2D eigenvalue weighted by atomic mass is 16.6. The lowest BCUT2D eigenvalue weighted by Crippen LogP contribution is -2.31. The van der Waals surface area contributed by atoms with Gasteiger partial charge in [-0.3, -0.25) is 14.5 Å². The van der Waals surface area contributed by atoms with Crippen molar-refractivity contribution in [3.63, 3.8) is 0 Å². The summed E-state index contributed by atoms with van der Waals surface area (Å²) in [5.74, 6) is -0.607. The molecular weight excluding hydrogens is 396 g/mol. The predicted molar refractivity (Wildman–Crippen MR) is 118 cm³/mol. The van der Waals surface area contributed by atoms with E-state index in [0.29, 0.717) is 30.4 Å². The van der Waals surface area contributed by atoms with Crippen molar-refractivity contribution >= 4 is 23.1 Å². The maximum absolute atomic E-state index is 13.2. The average Bonchev–Trinajstić information content (AvgIpc) is 3.03. The number of anilines is 2. The van der Waals surface area contributed by atoms with Crippen LogP contribution in [0.3, 0.4) is 0 Å². The molecule has 0 fully saturated rings. The minimum atomic E-state index is -0.735. The zero-order valence-electron chi connectivity index (χ0n) is 18.1. The third-order valence-corrected chi connectivity index (χ3v) is 5.53. The summed E-state index contributed by atoms with van der Waals surface area (Å²) in [5.41, 5.74) is 2.37. The number of carbonyl (C=O) groups excluding carboxylic acids is 2. The molecule has 7 nitrogen and oxygen atoms in total. The highest BCUT2D eigenvalue weighted by Gasteiger charge is 2.45. The number of benzene rings is 2. The molecule has 2 aliphatic heterocycles. The van der Waals surface area contributed by atoms with Crippen LogP contribution in [0, 0.1) is 5.92 Å². The highest BCUT2D eigenvalue weighted by molar-refractivity contribution is 6.17. The number of hydrogen-bond acceptors (Lipinski definition) is 6. The minimum Gasteiger partial charge on any atom is -0.503 e. The van der Waals surface area contributed by atoms with Crippen LogP contribution in [0.4, 0.5) is 11.4 Å². The second-order valence-electron chi connectivity index (χ2n) is 8.17. The molecular formula is C24H26N2O5. The molecule has 31 heavy (non-hydrogen) atoms. The second-order valence-corrected chi connectivity index (χ2v) is 8.17. The van der Waals surface area contributed by atoms with Gasteiger partial charge >= 0.3 is 0 Å². The Morgan fingerprint density at radius 2 is 1.71 bits per heavy atom. The molecule has 0 spiro atoms. The topological polar surface area (TPSA) is 79.3 Å². The van der Waals surface area contributed by atoms with Crippen molar-refractivity contribution < 1.29 is 24.2 Å². The van der Waals surface area contributed by atoms with Gasteiger partial charge in [0.2, 0.25) is 0 Å². The van der Waals surface area contributed by atoms with Gasteiger partial charge in [-0.25, -0.2) is 0 Å². The van der Waals surface area contributed by atoms with Gasteiger partial charge in [-0.05, 0) is 29.8 Å². The van der Waals surface area contributed by atoms with Crippen LogP contribution in [-0.4, -0.2) is 44.1 Å². The first-order valence-electron chi connectivity index (χ1n) is 10.3. The second kappa shape index (κ2) is 7.98. The van der Waals surface area contributed by atoms with Crippen LogP contribution in [0.5, 0.6) is 11.5 Å². The van der Waals surface area contributed by atoms with Crippen molar-refractivity contribution in [3.05, 3.63) is 59.4 Å². The summed E-state index contributed by atoms with van der Waals surface area (Å²) in [6.45, 7) is 4.39. The van der Waals surface area contributed by atoms with Crippen LogP contribution < -0.4 is 19.3 Å². The zero-order chi connectivity index (χ0) is 22.3. The van der Waals surface area contributed by atoms with E-state index in [-0.39, 0.29) is 17.3 Å². The van der Waals surface area contributed by atoms with Crippen LogP contribution in [0.2, 0.25) is 0 Å². The van der Waals surface area contributed by atoms with E-state index >= 15 is 0 Å². The third kappa shape index (κ3) is 3.60. The van der Waals surface area contributed by atoms with E-state index in [1.54, 1.807) is 32.0 Å². The first-order valence-corrected chi connectivity index (χ1v) is 10.3. The number of amides is 1. The number of ketones is 1. The largest absolute Gasteiger partial charge is 0.503 e. The van der Waals surface area contributed by atoms with E-state index in [1.165, 1.54) is 4.90 Å². The molecule has 0 saturated carbocycles. The molecule has 4 rings (SSSR count). The number of rotatable bonds is 5. The van der Waals surface area contributed by atoms with Crippen molar-refractivity contribution in [2.45, 2.75) is 19.9 Å². The van der Waals surface area contributed by atoms with E-state index < -0.39 is 17.7 Å². The summed E-state index contributed by atoms with van der Waals surface area (Å²) in [6.07, 6.45) is 0. The van der Waals surface area contributed by atoms with Gasteiger partial charge in [0.15, 0.2) is 23.0 Å². The van der Waals surface area contributed by atoms with Crippen molar-refractivity contribution in [1.29, 1.82) is 0 Å². The maximum Gasteiger partial charge on any atom is 0.294 e. The van der Waals surface area contributed by atoms with Crippen molar-refractivity contribution in [2.75, 3.05) is 37.1 Å². The fourth-order valence-electron chi connectivity index (χ4n) is 3.89. The summed E-state index contributed by atoms with van der Waals surface area (Å²) >= 11 is 0. The first kappa shape index (κ1) is 20.8. The lowest BCUT2D eigenvalue weighted by molar-refractivity contribution is -0.119. The molecule has 2 heterocycles. The van der Waals surface area contributed by atoms with Crippen LogP contribution in [0.15, 0.2) is 53.8 Å². The van der Waals surface area contributed by atoms with E-state index in [0.717, 1.165) is 11.3 Å². The Hall–Kier alpha value is -3.48. The van der Waals surface area contributed by atoms with Crippen LogP contribution in [0.25, 0.3) is 0 Å². The Labute approximate surface area is 181 Å². The molecule has 1 atom stereocenters. The Kier molecular flexibility index (Phi) is 5.35. The van der Waals surface area contributed by atoms with Gasteiger partial charge < -0.3 is 19.5 Å². The summed E-state index contributed by atoms with van der Waals surface area (Å²) in [7, 11) is 3.88. The fraction of sp³-hybridized carbons (Fsp3) is 0.333. The number of fused-ring (bicyclic) bond motifs is 1. The van der Waals surface area contributed by atoms with Gasteiger partial charge in [-0.15, -0.1) is 0 Å². The fourth-order valence-corrected chi connectivity index (χ4v) is 3.89. The molecule has 2 aliphatic rings. The van der Waals surface area contributed by atoms with Crippen LogP contribution in [0.1, 0.15) is 25.5 Å². The lowest BCUT2D eigenvalue weighted by Gasteiger charge is -2.29. The minimum absolute atomic E-state index is 0.118. The third-order valence-electron chi connectivity index (χ3n) is 5.53. The molecule has 7 heteroatoms. The van der Waals surface area contributed by atoms with Gasteiger partial charge in [0.1, 0.15) is 13.2 Å². The van der Waals surface area contributed by atoms with Gasteiger partial charge in [-0.2, -0.15) is 0 Å². The van der Waals surface area contributed by atoms with E-state index in [1.807, 2.05) is 43.3 Å². The maximum atomic E-state index is 13.2. The molecule has 1 N–H and O–H groups in total. The number of hydrogen-bond donors (Lipinski definition) is 1. The Morgan fingerprint density at radius 1 is 1.06 bits per heavy atom. The van der Waals surface area contributed by atoms with Crippen LogP contribution >= 0.6 is 0 Å². The van der Waals surface area contributed by atoms with Crippen molar-refractivity contribution in [3.8, 4) is 11.5 Å². The Balaban J connectivity index is 1.83. The smallest absolute Gasteiger partial charge is 0.294 e. The zero-order valence-corrected chi connectivity index (χ0v) is 18.1. The number of ether oxygens (including phenoxy) is 2. The monoisotopic (exact) mass is 422 g/mol. The highest BCUT2D eigenvalue weighted by Crippen LogP contribution is 2.44. The van der Waals surface area contributed by atoms with Gasteiger partial charge in [0, 0.05) is 37.5 Å². The number of nitrogens with zero attached hydrogens (tertiary/aromatic N) is 2. The van der Waals surface area contributed by atoms with Gasteiger partial charge in [-0.1, -0.05) is 26.0 Å². The number of aliphatic hydroxyl groups excluding tert-OH is 1. The Bertz CT molecular complexity index is 1060. The van der Waals surface area contributed by atoms with Gasteiger partial charge in [0.25, 0.3) is 5.91 Å². The van der Waals surface area contributed by atoms with Crippen molar-refractivity contribution in [1.82, 2.24) is 0 Å². The summed E-state index contributed by atoms with van der Waals surface area (Å²) in [5, 5.41) is 10.7. The summed E-state index contributed by atoms with van der Waals surface area (Å²) in [6, 6.07) is 12.1. The van der Waals surface area contributed by atoms with Gasteiger partial charge in [0.05, 0.1) is 11.6 Å². The molecule has 0 bridgehead atoms. The molecule has 2 aromatic carbocycles. The first-order chi connectivity index (χ1) is 14.8. The predicted octanol–water partition coefficient (Wildman–Crippen LogP) is 3.65. The quantitative estimate of drug-likeness (QED) is 0.792. The molecule has 1 unspecified atom stereocenters. The lowest BCUT2D eigenvalue weighted by atomic mass is 9.91.